The van der Waals surface area contributed by atoms with Crippen LogP contribution in [-0.2, 0) is 13.5 Å². The summed E-state index contributed by atoms with van der Waals surface area (Å²) >= 11 is 0. The molecule has 2 aromatic carbocycles. The highest BCUT2D eigenvalue weighted by atomic mass is 19.1. The second-order valence-electron chi connectivity index (χ2n) is 9.07. The largest absolute Gasteiger partial charge is 0.330 e. The molecular weight excluding hydrogens is 500 g/mol. The maximum Gasteiger partial charge on any atom is 0.187 e. The lowest BCUT2D eigenvalue weighted by molar-refractivity contribution is 0.0987. The molecule has 0 aliphatic heterocycles. The van der Waals surface area contributed by atoms with Gasteiger partial charge in [0.25, 0.3) is 0 Å². The summed E-state index contributed by atoms with van der Waals surface area (Å²) in [4.78, 5) is 30.6. The molecule has 39 heavy (non-hydrogen) atoms. The number of benzene rings is 2. The molecule has 192 valence electrons. The number of aryl methyl sites for hydroxylation is 1. The number of hydrogen-bond donors (Lipinski definition) is 0. The smallest absolute Gasteiger partial charge is 0.187 e. The van der Waals surface area contributed by atoms with Crippen LogP contribution in [0.25, 0.3) is 39.5 Å². The molecule has 0 fully saturated rings. The van der Waals surface area contributed by atoms with E-state index in [4.69, 9.17) is 5.10 Å². The van der Waals surface area contributed by atoms with Gasteiger partial charge in [0, 0.05) is 18.2 Å². The summed E-state index contributed by atoms with van der Waals surface area (Å²) in [5.74, 6) is -0.113. The van der Waals surface area contributed by atoms with Crippen molar-refractivity contribution in [3.05, 3.63) is 108 Å². The van der Waals surface area contributed by atoms with E-state index in [0.29, 0.717) is 34.0 Å². The van der Waals surface area contributed by atoms with E-state index in [1.807, 2.05) is 30.7 Å². The lowest BCUT2D eigenvalue weighted by atomic mass is 10.1. The number of ketones is 1. The molecule has 0 saturated heterocycles. The Labute approximate surface area is 221 Å². The molecular formula is C29H21F2N7O. The highest BCUT2D eigenvalue weighted by Gasteiger charge is 2.19. The van der Waals surface area contributed by atoms with Gasteiger partial charge in [-0.15, -0.1) is 0 Å². The van der Waals surface area contributed by atoms with Crippen molar-refractivity contribution < 1.29 is 13.6 Å². The van der Waals surface area contributed by atoms with Crippen molar-refractivity contribution in [2.24, 2.45) is 7.05 Å². The number of carbonyl (C=O) groups is 1. The minimum atomic E-state index is -0.349. The van der Waals surface area contributed by atoms with Crippen molar-refractivity contribution in [1.29, 1.82) is 0 Å². The van der Waals surface area contributed by atoms with Crippen LogP contribution in [0.4, 0.5) is 8.78 Å². The molecule has 0 aliphatic rings. The predicted octanol–water partition coefficient (Wildman–Crippen LogP) is 5.27. The number of rotatable bonds is 6. The first-order valence-electron chi connectivity index (χ1n) is 12.1. The fourth-order valence-electron chi connectivity index (χ4n) is 4.40. The van der Waals surface area contributed by atoms with Gasteiger partial charge in [-0.05, 0) is 73.7 Å². The van der Waals surface area contributed by atoms with E-state index in [0.717, 1.165) is 17.1 Å². The van der Waals surface area contributed by atoms with Crippen LogP contribution in [0.1, 0.15) is 22.0 Å². The molecule has 8 nitrogen and oxygen atoms in total. The molecule has 6 rings (SSSR count). The molecule has 4 heterocycles. The molecule has 0 spiro atoms. The van der Waals surface area contributed by atoms with Crippen molar-refractivity contribution in [1.82, 2.24) is 34.1 Å². The van der Waals surface area contributed by atoms with Crippen molar-refractivity contribution in [2.75, 3.05) is 0 Å². The Morgan fingerprint density at radius 2 is 1.54 bits per heavy atom. The zero-order valence-electron chi connectivity index (χ0n) is 21.0. The second-order valence-corrected chi connectivity index (χ2v) is 9.07. The molecule has 10 heteroatoms. The van der Waals surface area contributed by atoms with E-state index in [1.54, 1.807) is 41.0 Å². The van der Waals surface area contributed by atoms with Gasteiger partial charge in [-0.2, -0.15) is 5.10 Å². The minimum Gasteiger partial charge on any atom is -0.330 e. The summed E-state index contributed by atoms with van der Waals surface area (Å²) in [5.41, 5.74) is 5.47. The van der Waals surface area contributed by atoms with Crippen LogP contribution in [0.15, 0.2) is 79.3 Å². The first-order valence-corrected chi connectivity index (χ1v) is 12.1. The van der Waals surface area contributed by atoms with E-state index >= 15 is 0 Å². The number of fused-ring (bicyclic) bond motifs is 1. The summed E-state index contributed by atoms with van der Waals surface area (Å²) < 4.78 is 30.3. The zero-order chi connectivity index (χ0) is 27.1. The van der Waals surface area contributed by atoms with Crippen LogP contribution in [0.2, 0.25) is 0 Å². The van der Waals surface area contributed by atoms with Gasteiger partial charge in [0.2, 0.25) is 0 Å². The average Bonchev–Trinajstić information content (AvgIpc) is 3.48. The topological polar surface area (TPSA) is 90.9 Å². The fraction of sp³-hybridized carbons (Fsp3) is 0.103. The quantitative estimate of drug-likeness (QED) is 0.278. The molecule has 0 radical (unpaired) electrons. The lowest BCUT2D eigenvalue weighted by Gasteiger charge is -2.07. The third-order valence-electron chi connectivity index (χ3n) is 6.48. The van der Waals surface area contributed by atoms with Crippen LogP contribution in [0.5, 0.6) is 0 Å². The van der Waals surface area contributed by atoms with Crippen molar-refractivity contribution in [2.45, 2.75) is 13.3 Å². The van der Waals surface area contributed by atoms with E-state index < -0.39 is 0 Å². The number of imidazole rings is 2. The Kier molecular flexibility index (Phi) is 5.99. The Balaban J connectivity index is 1.29. The molecule has 0 amide bonds. The normalized spacial score (nSPS) is 11.3. The molecule has 0 atom stereocenters. The van der Waals surface area contributed by atoms with Crippen LogP contribution < -0.4 is 0 Å². The number of nitrogens with zero attached hydrogens (tertiary/aromatic N) is 7. The molecule has 4 aromatic heterocycles. The van der Waals surface area contributed by atoms with Gasteiger partial charge in [-0.1, -0.05) is 0 Å². The van der Waals surface area contributed by atoms with Gasteiger partial charge in [-0.3, -0.25) is 4.79 Å². The molecule has 0 aliphatic carbocycles. The van der Waals surface area contributed by atoms with E-state index in [1.165, 1.54) is 30.6 Å². The van der Waals surface area contributed by atoms with Gasteiger partial charge < -0.3 is 4.57 Å². The third-order valence-corrected chi connectivity index (χ3v) is 6.48. The maximum absolute atomic E-state index is 13.5. The van der Waals surface area contributed by atoms with Gasteiger partial charge in [-0.25, -0.2) is 33.2 Å². The van der Waals surface area contributed by atoms with Crippen molar-refractivity contribution in [3.63, 3.8) is 0 Å². The van der Waals surface area contributed by atoms with Crippen molar-refractivity contribution in [3.8, 4) is 33.9 Å². The predicted molar refractivity (Wildman–Crippen MR) is 141 cm³/mol. The second kappa shape index (κ2) is 9.64. The summed E-state index contributed by atoms with van der Waals surface area (Å²) in [6.45, 7) is 1.89. The summed E-state index contributed by atoms with van der Waals surface area (Å²) in [6.07, 6.45) is 3.04. The Bertz CT molecular complexity index is 1840. The number of aromatic nitrogens is 7. The van der Waals surface area contributed by atoms with Crippen molar-refractivity contribution >= 4 is 11.4 Å². The molecule has 6 aromatic rings. The number of halogens is 2. The SMILES string of the molecule is Cc1nc(-c2ccc(F)cc2)c(-c2ccc3nc(CC(=O)c4cc(-c5ccc(F)cc5)ncn4)cn3n2)n1C. The van der Waals surface area contributed by atoms with Crippen LogP contribution in [0.3, 0.4) is 0 Å². The minimum absolute atomic E-state index is 0.0181. The highest BCUT2D eigenvalue weighted by molar-refractivity contribution is 5.96. The molecule has 0 N–H and O–H groups in total. The fourth-order valence-corrected chi connectivity index (χ4v) is 4.40. The monoisotopic (exact) mass is 521 g/mol. The molecule has 0 unspecified atom stereocenters. The first kappa shape index (κ1) is 24.2. The van der Waals surface area contributed by atoms with Crippen LogP contribution >= 0.6 is 0 Å². The summed E-state index contributed by atoms with van der Waals surface area (Å²) in [5, 5.41) is 4.74. The Morgan fingerprint density at radius 1 is 0.846 bits per heavy atom. The van der Waals surface area contributed by atoms with Gasteiger partial charge in [0.15, 0.2) is 11.4 Å². The van der Waals surface area contributed by atoms with E-state index in [9.17, 15) is 13.6 Å². The Morgan fingerprint density at radius 3 is 2.26 bits per heavy atom. The summed E-state index contributed by atoms with van der Waals surface area (Å²) in [6, 6.07) is 17.3. The standard InChI is InChI=1S/C29H21F2N7O/c1-17-34-28(19-5-9-21(31)10-6-19)29(37(17)2)23-11-12-27-35-22(15-38(27)36-23)13-26(39)25-14-24(32-16-33-25)18-3-7-20(30)8-4-18/h3-12,14-16H,13H2,1-2H3. The molecule has 0 bridgehead atoms. The van der Waals surface area contributed by atoms with Crippen LogP contribution in [-0.4, -0.2) is 39.9 Å². The van der Waals surface area contributed by atoms with Gasteiger partial charge in [0.1, 0.15) is 35.2 Å². The third kappa shape index (κ3) is 4.68. The highest BCUT2D eigenvalue weighted by Crippen LogP contribution is 2.31. The van der Waals surface area contributed by atoms with E-state index in [2.05, 4.69) is 19.9 Å². The van der Waals surface area contributed by atoms with Gasteiger partial charge in [0.05, 0.1) is 35.4 Å². The number of carbonyl (C=O) groups excluding carboxylic acids is 1. The van der Waals surface area contributed by atoms with E-state index in [-0.39, 0.29) is 29.5 Å². The van der Waals surface area contributed by atoms with Crippen LogP contribution in [0, 0.1) is 18.6 Å². The maximum atomic E-state index is 13.5. The number of hydrogen-bond acceptors (Lipinski definition) is 6. The van der Waals surface area contributed by atoms with Gasteiger partial charge >= 0.3 is 0 Å². The summed E-state index contributed by atoms with van der Waals surface area (Å²) in [7, 11) is 1.90. The number of Topliss-reactive ketones (excluding diaryl/α,β-unsaturated/α-hetero) is 1. The zero-order valence-corrected chi connectivity index (χ0v) is 21.0. The first-order chi connectivity index (χ1) is 18.9. The Hall–Kier alpha value is -5.12. The molecule has 0 saturated carbocycles. The average molecular weight is 522 g/mol. The lowest BCUT2D eigenvalue weighted by Crippen LogP contribution is -2.07.